The lowest BCUT2D eigenvalue weighted by molar-refractivity contribution is 0.236. The molecule has 3 heteroatoms. The number of nitrogens with zero attached hydrogens (tertiary/aromatic N) is 3. The summed E-state index contributed by atoms with van der Waals surface area (Å²) in [5.41, 5.74) is 26.9. The largest absolute Gasteiger partial charge is 0.291 e. The molecule has 70 heavy (non-hydrogen) atoms. The van der Waals surface area contributed by atoms with Crippen molar-refractivity contribution in [2.24, 2.45) is 5.92 Å². The summed E-state index contributed by atoms with van der Waals surface area (Å²) in [5.74, 6) is 1.06. The lowest BCUT2D eigenvalue weighted by Crippen LogP contribution is -2.34. The molecule has 0 amide bonds. The number of fused-ring (bicyclic) bond motifs is 1. The molecule has 1 aliphatic heterocycles. The van der Waals surface area contributed by atoms with Crippen LogP contribution in [0.4, 0.5) is 0 Å². The van der Waals surface area contributed by atoms with Gasteiger partial charge in [-0.2, -0.15) is 0 Å². The fourth-order valence-electron chi connectivity index (χ4n) is 18.5. The van der Waals surface area contributed by atoms with E-state index in [1.807, 2.05) is 6.20 Å². The molecule has 0 bridgehead atoms. The van der Waals surface area contributed by atoms with Crippen LogP contribution in [0.1, 0.15) is 144 Å². The van der Waals surface area contributed by atoms with Crippen LogP contribution in [-0.2, 0) is 35.6 Å². The van der Waals surface area contributed by atoms with Gasteiger partial charge in [0.15, 0.2) is 0 Å². The highest BCUT2D eigenvalue weighted by atomic mass is 15.2. The lowest BCUT2D eigenvalue weighted by atomic mass is 9.62. The molecule has 10 aromatic carbocycles. The van der Waals surface area contributed by atoms with E-state index in [2.05, 4.69) is 132 Å². The number of allylic oxidation sites excluding steroid dienone is 4. The van der Waals surface area contributed by atoms with E-state index >= 15 is 0 Å². The number of aromatic nitrogens is 2. The van der Waals surface area contributed by atoms with Crippen molar-refractivity contribution < 1.29 is 0 Å². The second-order valence-corrected chi connectivity index (χ2v) is 26.1. The smallest absolute Gasteiger partial charge is 0.0889 e. The van der Waals surface area contributed by atoms with Gasteiger partial charge in [-0.25, -0.2) is 0 Å². The van der Waals surface area contributed by atoms with E-state index in [1.165, 1.54) is 33.2 Å². The summed E-state index contributed by atoms with van der Waals surface area (Å²) in [5, 5.41) is 25.9. The summed E-state index contributed by atoms with van der Waals surface area (Å²) in [4.78, 5) is 13.0. The van der Waals surface area contributed by atoms with Crippen LogP contribution in [0.25, 0.3) is 109 Å². The maximum Gasteiger partial charge on any atom is 0.0889 e. The summed E-state index contributed by atoms with van der Waals surface area (Å²) < 4.78 is 0. The molecule has 1 saturated heterocycles. The average molecular weight is 896 g/mol. The highest BCUT2D eigenvalue weighted by Crippen LogP contribution is 2.76. The molecule has 5 unspecified atom stereocenters. The van der Waals surface area contributed by atoms with Crippen molar-refractivity contribution >= 4 is 97.3 Å². The van der Waals surface area contributed by atoms with Gasteiger partial charge in [-0.05, 0) is 236 Å². The zero-order valence-corrected chi connectivity index (χ0v) is 40.8. The third-order valence-electron chi connectivity index (χ3n) is 20.6. The van der Waals surface area contributed by atoms with Crippen LogP contribution < -0.4 is 0 Å². The summed E-state index contributed by atoms with van der Waals surface area (Å²) in [7, 11) is 0. The molecule has 20 rings (SSSR count). The first kappa shape index (κ1) is 36.3. The maximum absolute atomic E-state index is 5.09. The number of hydrogen-bond acceptors (Lipinski definition) is 3. The predicted molar refractivity (Wildman–Crippen MR) is 288 cm³/mol. The number of likely N-dealkylation sites (tertiary alicyclic amines) is 1. The van der Waals surface area contributed by atoms with Gasteiger partial charge in [0.1, 0.15) is 0 Å². The quantitative estimate of drug-likeness (QED) is 0.165. The fourth-order valence-corrected chi connectivity index (χ4v) is 18.5. The van der Waals surface area contributed by atoms with Gasteiger partial charge >= 0.3 is 0 Å². The standard InChI is InChI=1S/C67H49N3/c1-27-8-10-68-40(12-27)41-22-29(9-11-69-41)64-62-39-21-35-19-32-17-33-16-30-15-31-18-34-20-36-24-67(62,26-70(64)25-28-13-37(65(2,3)4)23-38(14-28)66(5,6)7)63-48(36)53-47(34)52-43(31)42(30)50-46(33)51-44(32)45(35)54-49(39)61(63)60-58(53)56(52)55(50)57(51)59(54)60/h8-14,16-18,20-23,34,47,62,64H,15,19,24-26H2,1-7H3. The maximum atomic E-state index is 5.09. The van der Waals surface area contributed by atoms with Gasteiger partial charge in [-0.15, -0.1) is 0 Å². The summed E-state index contributed by atoms with van der Waals surface area (Å²) in [6.07, 6.45) is 12.9. The first-order valence-corrected chi connectivity index (χ1v) is 26.4. The van der Waals surface area contributed by atoms with E-state index in [0.717, 1.165) is 43.7 Å². The zero-order chi connectivity index (χ0) is 45.9. The topological polar surface area (TPSA) is 29.0 Å². The molecular weight excluding hydrogens is 847 g/mol. The molecule has 3 nitrogen and oxygen atoms in total. The Morgan fingerprint density at radius 1 is 0.586 bits per heavy atom. The van der Waals surface area contributed by atoms with Crippen LogP contribution in [0, 0.1) is 12.8 Å². The average Bonchev–Trinajstić information content (AvgIpc) is 4.21. The number of benzene rings is 8. The molecule has 8 aliphatic rings. The Kier molecular flexibility index (Phi) is 5.45. The lowest BCUT2D eigenvalue weighted by Gasteiger charge is -2.39. The Morgan fingerprint density at radius 2 is 1.21 bits per heavy atom. The van der Waals surface area contributed by atoms with E-state index in [9.17, 15) is 0 Å². The third-order valence-corrected chi connectivity index (χ3v) is 20.6. The van der Waals surface area contributed by atoms with Gasteiger partial charge in [0.05, 0.1) is 11.4 Å². The first-order chi connectivity index (χ1) is 33.8. The minimum Gasteiger partial charge on any atom is -0.291 e. The highest BCUT2D eigenvalue weighted by molar-refractivity contribution is 6.59. The molecule has 0 radical (unpaired) electrons. The van der Waals surface area contributed by atoms with E-state index in [1.54, 1.807) is 142 Å². The Hall–Kier alpha value is -6.68. The molecule has 12 aromatic rings. The van der Waals surface area contributed by atoms with Gasteiger partial charge in [0.25, 0.3) is 0 Å². The minimum absolute atomic E-state index is 0.0354. The number of hydrogen-bond donors (Lipinski definition) is 0. The molecule has 5 atom stereocenters. The Balaban J connectivity index is 0.950. The molecule has 7 aliphatic carbocycles. The van der Waals surface area contributed by atoms with Crippen LogP contribution in [0.5, 0.6) is 0 Å². The molecule has 0 N–H and O–H groups in total. The van der Waals surface area contributed by atoms with Crippen LogP contribution in [-0.4, -0.2) is 21.4 Å². The van der Waals surface area contributed by atoms with Crippen LogP contribution in [0.3, 0.4) is 0 Å². The van der Waals surface area contributed by atoms with E-state index in [4.69, 9.17) is 9.97 Å². The zero-order valence-electron chi connectivity index (χ0n) is 40.8. The Bertz CT molecular complexity index is 4640. The van der Waals surface area contributed by atoms with Crippen molar-refractivity contribution in [3.63, 3.8) is 0 Å². The second-order valence-electron chi connectivity index (χ2n) is 26.1. The fraction of sp³-hybridized carbons (Fsp3) is 0.284. The van der Waals surface area contributed by atoms with E-state index < -0.39 is 0 Å². The van der Waals surface area contributed by atoms with Gasteiger partial charge in [-0.1, -0.05) is 90.1 Å². The monoisotopic (exact) mass is 895 g/mol. The second kappa shape index (κ2) is 10.5. The van der Waals surface area contributed by atoms with Gasteiger partial charge in [0.2, 0.25) is 0 Å². The van der Waals surface area contributed by atoms with Crippen LogP contribution in [0.15, 0.2) is 85.2 Å². The molecular formula is C67H49N3. The number of pyridine rings is 2. The summed E-state index contributed by atoms with van der Waals surface area (Å²) >= 11 is 0. The molecule has 332 valence electrons. The Morgan fingerprint density at radius 3 is 1.97 bits per heavy atom. The predicted octanol–water partition coefficient (Wildman–Crippen LogP) is 15.8. The normalized spacial score (nSPS) is 24.2. The number of aryl methyl sites for hydroxylation is 1. The molecule has 0 saturated carbocycles. The highest BCUT2D eigenvalue weighted by Gasteiger charge is 2.63. The van der Waals surface area contributed by atoms with Crippen molar-refractivity contribution in [1.29, 1.82) is 0 Å². The van der Waals surface area contributed by atoms with Gasteiger partial charge < -0.3 is 0 Å². The Labute approximate surface area is 405 Å². The SMILES string of the molecule is Cc1ccnc(-c2cc(C3C4c5cc6c7c8c(cc9cc%10c%11c%12c%13c%14c%15c%16c%17c(c%18c5c7c(c%18%15)c5c8c9c%11c%145)C4(CC%17=CC(C=C%12C%10)C%16%13)CN3Cc3cc(C(C)(C)C)cc(C(C)(C)C)c3)C6)ccn2)c1. The summed E-state index contributed by atoms with van der Waals surface area (Å²) in [6.45, 7) is 18.4. The van der Waals surface area contributed by atoms with Crippen LogP contribution in [0.2, 0.25) is 0 Å². The van der Waals surface area contributed by atoms with Crippen molar-refractivity contribution in [2.45, 2.75) is 108 Å². The number of rotatable bonds is 4. The van der Waals surface area contributed by atoms with Crippen molar-refractivity contribution in [2.75, 3.05) is 6.54 Å². The van der Waals surface area contributed by atoms with E-state index in [0.29, 0.717) is 11.8 Å². The molecule has 1 spiro atoms. The molecule has 2 aromatic heterocycles. The third kappa shape index (κ3) is 3.53. The van der Waals surface area contributed by atoms with Crippen molar-refractivity contribution in [3.8, 4) is 11.4 Å². The first-order valence-electron chi connectivity index (χ1n) is 26.4. The molecule has 1 fully saturated rings. The van der Waals surface area contributed by atoms with Gasteiger partial charge in [-0.3, -0.25) is 14.9 Å². The summed E-state index contributed by atoms with van der Waals surface area (Å²) in [6, 6.07) is 25.0. The molecule has 3 heterocycles. The van der Waals surface area contributed by atoms with Crippen molar-refractivity contribution in [1.82, 2.24) is 14.9 Å². The van der Waals surface area contributed by atoms with E-state index in [-0.39, 0.29) is 28.2 Å². The van der Waals surface area contributed by atoms with Gasteiger partial charge in [0, 0.05) is 54.7 Å². The van der Waals surface area contributed by atoms with Crippen molar-refractivity contribution in [3.05, 3.63) is 163 Å². The van der Waals surface area contributed by atoms with Crippen LogP contribution >= 0.6 is 0 Å². The minimum atomic E-state index is -0.0904.